The van der Waals surface area contributed by atoms with Crippen molar-refractivity contribution in [2.24, 2.45) is 0 Å². The topological polar surface area (TPSA) is 71.1 Å². The molecule has 1 aromatic rings. The van der Waals surface area contributed by atoms with Gasteiger partial charge in [-0.1, -0.05) is 12.1 Å². The van der Waals surface area contributed by atoms with Crippen LogP contribution in [0.2, 0.25) is 0 Å². The van der Waals surface area contributed by atoms with Crippen LogP contribution < -0.4 is 10.1 Å². The number of piperazine rings is 1. The second-order valence-electron chi connectivity index (χ2n) is 5.96. The van der Waals surface area contributed by atoms with Crippen LogP contribution in [0.1, 0.15) is 5.56 Å². The smallest absolute Gasteiger partial charge is 0.236 e. The molecule has 2 amide bonds. The molecular formula is C18H28ClN3O4. The van der Waals surface area contributed by atoms with Gasteiger partial charge >= 0.3 is 0 Å². The fraction of sp³-hybridized carbons (Fsp3) is 0.556. The van der Waals surface area contributed by atoms with Crippen molar-refractivity contribution in [3.63, 3.8) is 0 Å². The highest BCUT2D eigenvalue weighted by molar-refractivity contribution is 5.85. The number of hydrogen-bond donors (Lipinski definition) is 1. The lowest BCUT2D eigenvalue weighted by atomic mass is 10.1. The summed E-state index contributed by atoms with van der Waals surface area (Å²) < 4.78 is 10.1. The van der Waals surface area contributed by atoms with E-state index in [2.05, 4.69) is 5.32 Å². The number of halogens is 1. The van der Waals surface area contributed by atoms with E-state index in [1.165, 1.54) is 0 Å². The van der Waals surface area contributed by atoms with E-state index in [4.69, 9.17) is 9.47 Å². The summed E-state index contributed by atoms with van der Waals surface area (Å²) in [4.78, 5) is 28.2. The maximum atomic E-state index is 12.4. The third kappa shape index (κ3) is 6.82. The van der Waals surface area contributed by atoms with E-state index in [0.717, 1.165) is 11.3 Å². The zero-order valence-corrected chi connectivity index (χ0v) is 16.2. The van der Waals surface area contributed by atoms with Crippen LogP contribution in [-0.2, 0) is 20.7 Å². The molecule has 2 rings (SSSR count). The van der Waals surface area contributed by atoms with Gasteiger partial charge in [0.05, 0.1) is 26.7 Å². The molecule has 0 radical (unpaired) electrons. The third-order valence-corrected chi connectivity index (χ3v) is 4.23. The Kier molecular flexibility index (Phi) is 10.0. The van der Waals surface area contributed by atoms with Crippen LogP contribution in [0.4, 0.5) is 0 Å². The number of ether oxygens (including phenoxy) is 2. The quantitative estimate of drug-likeness (QED) is 0.662. The number of methoxy groups -OCH3 is 2. The van der Waals surface area contributed by atoms with Crippen LogP contribution in [-0.4, -0.2) is 81.7 Å². The summed E-state index contributed by atoms with van der Waals surface area (Å²) in [6, 6.07) is 7.54. The van der Waals surface area contributed by atoms with Crippen LogP contribution in [0.3, 0.4) is 0 Å². The van der Waals surface area contributed by atoms with Crippen LogP contribution in [0.25, 0.3) is 0 Å². The minimum Gasteiger partial charge on any atom is -0.497 e. The van der Waals surface area contributed by atoms with E-state index in [0.29, 0.717) is 52.3 Å². The summed E-state index contributed by atoms with van der Waals surface area (Å²) in [6.07, 6.45) is 0.351. The summed E-state index contributed by atoms with van der Waals surface area (Å²) in [7, 11) is 3.24. The van der Waals surface area contributed by atoms with Gasteiger partial charge < -0.3 is 24.6 Å². The van der Waals surface area contributed by atoms with Crippen LogP contribution in [0.5, 0.6) is 5.75 Å². The van der Waals surface area contributed by atoms with Crippen molar-refractivity contribution in [3.8, 4) is 5.75 Å². The molecule has 7 nitrogen and oxygen atoms in total. The summed E-state index contributed by atoms with van der Waals surface area (Å²) in [5.74, 6) is 0.899. The molecule has 1 aliphatic heterocycles. The molecule has 26 heavy (non-hydrogen) atoms. The lowest BCUT2D eigenvalue weighted by Gasteiger charge is -2.35. The Morgan fingerprint density at radius 2 is 1.73 bits per heavy atom. The molecule has 1 aromatic carbocycles. The molecule has 0 bridgehead atoms. The van der Waals surface area contributed by atoms with Crippen molar-refractivity contribution >= 4 is 24.2 Å². The lowest BCUT2D eigenvalue weighted by Crippen LogP contribution is -2.52. The summed E-state index contributed by atoms with van der Waals surface area (Å²) in [5, 5.41) is 3.05. The lowest BCUT2D eigenvalue weighted by molar-refractivity contribution is -0.138. The number of hydrogen-bond acceptors (Lipinski definition) is 5. The number of carbonyl (C=O) groups is 2. The van der Waals surface area contributed by atoms with Crippen molar-refractivity contribution in [3.05, 3.63) is 29.8 Å². The van der Waals surface area contributed by atoms with Crippen LogP contribution in [0, 0.1) is 0 Å². The first-order chi connectivity index (χ1) is 12.1. The van der Waals surface area contributed by atoms with E-state index in [1.54, 1.807) is 19.1 Å². The highest BCUT2D eigenvalue weighted by atomic mass is 35.5. The molecule has 0 saturated carbocycles. The average Bonchev–Trinajstić information content (AvgIpc) is 2.65. The second-order valence-corrected chi connectivity index (χ2v) is 5.96. The number of carbonyl (C=O) groups excluding carboxylic acids is 2. The highest BCUT2D eigenvalue weighted by Crippen LogP contribution is 2.14. The van der Waals surface area contributed by atoms with E-state index in [-0.39, 0.29) is 24.2 Å². The Labute approximate surface area is 161 Å². The van der Waals surface area contributed by atoms with E-state index >= 15 is 0 Å². The Bertz CT molecular complexity index is 577. The number of benzene rings is 1. The number of nitrogens with one attached hydrogen (secondary N) is 1. The Balaban J connectivity index is 0.00000338. The number of amides is 2. The molecule has 1 saturated heterocycles. The Morgan fingerprint density at radius 3 is 2.35 bits per heavy atom. The first-order valence-electron chi connectivity index (χ1n) is 8.52. The predicted octanol–water partition coefficient (Wildman–Crippen LogP) is 0.566. The van der Waals surface area contributed by atoms with Crippen LogP contribution in [0.15, 0.2) is 24.3 Å². The monoisotopic (exact) mass is 385 g/mol. The number of nitrogens with zero attached hydrogens (tertiary/aromatic N) is 2. The maximum absolute atomic E-state index is 12.4. The van der Waals surface area contributed by atoms with E-state index in [1.807, 2.05) is 29.2 Å². The van der Waals surface area contributed by atoms with Crippen molar-refractivity contribution in [2.75, 3.05) is 60.1 Å². The van der Waals surface area contributed by atoms with Gasteiger partial charge in [-0.15, -0.1) is 12.4 Å². The molecule has 1 fully saturated rings. The fourth-order valence-corrected chi connectivity index (χ4v) is 2.76. The predicted molar refractivity (Wildman–Crippen MR) is 102 cm³/mol. The minimum atomic E-state index is 0. The zero-order chi connectivity index (χ0) is 18.1. The highest BCUT2D eigenvalue weighted by Gasteiger charge is 2.23. The summed E-state index contributed by atoms with van der Waals surface area (Å²) in [5.41, 5.74) is 0.935. The number of rotatable bonds is 8. The van der Waals surface area contributed by atoms with Crippen LogP contribution >= 0.6 is 12.4 Å². The molecule has 0 spiro atoms. The normalized spacial score (nSPS) is 13.9. The largest absolute Gasteiger partial charge is 0.497 e. The summed E-state index contributed by atoms with van der Waals surface area (Å²) >= 11 is 0. The van der Waals surface area contributed by atoms with Gasteiger partial charge in [0.2, 0.25) is 11.8 Å². The SMILES string of the molecule is COCCNCC(=O)N1CCN(C(=O)Cc2cccc(OC)c2)CC1.Cl. The molecule has 0 unspecified atom stereocenters. The van der Waals surface area contributed by atoms with Gasteiger partial charge in [0.25, 0.3) is 0 Å². The Morgan fingerprint density at radius 1 is 1.08 bits per heavy atom. The molecule has 0 aliphatic carbocycles. The molecule has 0 atom stereocenters. The van der Waals surface area contributed by atoms with Gasteiger partial charge in [0.15, 0.2) is 0 Å². The minimum absolute atomic E-state index is 0. The van der Waals surface area contributed by atoms with Gasteiger partial charge in [-0.2, -0.15) is 0 Å². The zero-order valence-electron chi connectivity index (χ0n) is 15.4. The standard InChI is InChI=1S/C18H27N3O4.ClH/c1-24-11-6-19-14-18(23)21-9-7-20(8-10-21)17(22)13-15-4-3-5-16(12-15)25-2;/h3-5,12,19H,6-11,13-14H2,1-2H3;1H. The molecular weight excluding hydrogens is 358 g/mol. The molecule has 146 valence electrons. The fourth-order valence-electron chi connectivity index (χ4n) is 2.76. The van der Waals surface area contributed by atoms with E-state index in [9.17, 15) is 9.59 Å². The van der Waals surface area contributed by atoms with Crippen molar-refractivity contribution in [1.29, 1.82) is 0 Å². The second kappa shape index (κ2) is 11.7. The van der Waals surface area contributed by atoms with Crippen molar-refractivity contribution in [2.45, 2.75) is 6.42 Å². The van der Waals surface area contributed by atoms with Crippen molar-refractivity contribution < 1.29 is 19.1 Å². The van der Waals surface area contributed by atoms with E-state index < -0.39 is 0 Å². The first-order valence-corrected chi connectivity index (χ1v) is 8.52. The van der Waals surface area contributed by atoms with Crippen molar-refractivity contribution in [1.82, 2.24) is 15.1 Å². The van der Waals surface area contributed by atoms with Gasteiger partial charge in [-0.25, -0.2) is 0 Å². The summed E-state index contributed by atoms with van der Waals surface area (Å²) in [6.45, 7) is 3.85. The first kappa shape index (κ1) is 22.2. The van der Waals surface area contributed by atoms with Gasteiger partial charge in [0, 0.05) is 39.8 Å². The van der Waals surface area contributed by atoms with Gasteiger partial charge in [-0.05, 0) is 17.7 Å². The Hall–Kier alpha value is -1.83. The molecule has 1 heterocycles. The molecule has 8 heteroatoms. The van der Waals surface area contributed by atoms with Gasteiger partial charge in [-0.3, -0.25) is 9.59 Å². The maximum Gasteiger partial charge on any atom is 0.236 e. The van der Waals surface area contributed by atoms with Gasteiger partial charge in [0.1, 0.15) is 5.75 Å². The molecule has 1 N–H and O–H groups in total. The molecule has 1 aliphatic rings. The average molecular weight is 386 g/mol. The third-order valence-electron chi connectivity index (χ3n) is 4.23. The molecule has 0 aromatic heterocycles.